The highest BCUT2D eigenvalue weighted by molar-refractivity contribution is 9.10. The highest BCUT2D eigenvalue weighted by Gasteiger charge is 2.18. The van der Waals surface area contributed by atoms with Gasteiger partial charge in [-0.1, -0.05) is 47.1 Å². The molecule has 0 saturated carbocycles. The maximum absolute atomic E-state index is 12.6. The Labute approximate surface area is 153 Å². The topological polar surface area (TPSA) is 77.2 Å². The molecule has 1 aromatic heterocycles. The predicted octanol–water partition coefficient (Wildman–Crippen LogP) is 4.54. The summed E-state index contributed by atoms with van der Waals surface area (Å²) in [6.45, 7) is 2.55. The van der Waals surface area contributed by atoms with Gasteiger partial charge in [-0.25, -0.2) is 4.63 Å². The second kappa shape index (κ2) is 7.94. The van der Waals surface area contributed by atoms with Crippen molar-refractivity contribution in [2.45, 2.75) is 13.3 Å². The smallest absolute Gasteiger partial charge is 0.260 e. The van der Waals surface area contributed by atoms with E-state index in [1.54, 1.807) is 18.2 Å². The Morgan fingerprint density at radius 3 is 2.68 bits per heavy atom. The molecule has 25 heavy (non-hydrogen) atoms. The third-order valence-corrected chi connectivity index (χ3v) is 3.96. The summed E-state index contributed by atoms with van der Waals surface area (Å²) < 4.78 is 11.4. The number of hydrogen-bond donors (Lipinski definition) is 1. The first-order valence-corrected chi connectivity index (χ1v) is 8.60. The predicted molar refractivity (Wildman–Crippen MR) is 97.6 cm³/mol. The van der Waals surface area contributed by atoms with Gasteiger partial charge in [0.05, 0.1) is 12.2 Å². The number of hydrogen-bond acceptors (Lipinski definition) is 5. The van der Waals surface area contributed by atoms with E-state index in [2.05, 4.69) is 31.6 Å². The van der Waals surface area contributed by atoms with Gasteiger partial charge in [-0.05, 0) is 41.0 Å². The van der Waals surface area contributed by atoms with Crippen LogP contribution in [0, 0.1) is 0 Å². The summed E-state index contributed by atoms with van der Waals surface area (Å²) >= 11 is 3.38. The molecule has 0 aliphatic heterocycles. The van der Waals surface area contributed by atoms with Gasteiger partial charge in [-0.2, -0.15) is 0 Å². The minimum Gasteiger partial charge on any atom is -0.493 e. The molecule has 0 aliphatic rings. The number of benzene rings is 2. The summed E-state index contributed by atoms with van der Waals surface area (Å²) in [5.41, 5.74) is 1.68. The minimum atomic E-state index is -0.333. The van der Waals surface area contributed by atoms with Gasteiger partial charge in [-0.15, -0.1) is 0 Å². The molecule has 7 heteroatoms. The quantitative estimate of drug-likeness (QED) is 0.655. The molecule has 0 spiro atoms. The second-order valence-electron chi connectivity index (χ2n) is 5.27. The van der Waals surface area contributed by atoms with Crippen LogP contribution < -0.4 is 10.1 Å². The van der Waals surface area contributed by atoms with E-state index < -0.39 is 0 Å². The molecule has 0 bridgehead atoms. The van der Waals surface area contributed by atoms with Crippen molar-refractivity contribution in [3.63, 3.8) is 0 Å². The standard InChI is InChI=1S/C18H16BrN3O3/c1-2-11-24-15-6-4-3-5-14(15)18(23)20-17-16(21-25-22-17)12-7-9-13(19)10-8-12/h3-10H,2,11H2,1H3,(H,20,22,23). The molecule has 0 fully saturated rings. The zero-order chi connectivity index (χ0) is 17.6. The number of anilines is 1. The van der Waals surface area contributed by atoms with E-state index in [1.165, 1.54) is 0 Å². The lowest BCUT2D eigenvalue weighted by molar-refractivity contribution is 0.102. The van der Waals surface area contributed by atoms with Crippen molar-refractivity contribution in [1.82, 2.24) is 10.3 Å². The molecule has 3 aromatic rings. The second-order valence-corrected chi connectivity index (χ2v) is 6.18. The van der Waals surface area contributed by atoms with Gasteiger partial charge < -0.3 is 10.1 Å². The van der Waals surface area contributed by atoms with Crippen LogP contribution in [0.5, 0.6) is 5.75 Å². The Hall–Kier alpha value is -2.67. The van der Waals surface area contributed by atoms with Crippen molar-refractivity contribution in [3.8, 4) is 17.0 Å². The Bertz CT molecular complexity index is 862. The molecule has 0 atom stereocenters. The van der Waals surface area contributed by atoms with Crippen molar-refractivity contribution in [2.24, 2.45) is 0 Å². The highest BCUT2D eigenvalue weighted by Crippen LogP contribution is 2.27. The lowest BCUT2D eigenvalue weighted by Crippen LogP contribution is -2.14. The van der Waals surface area contributed by atoms with Crippen molar-refractivity contribution >= 4 is 27.7 Å². The Morgan fingerprint density at radius 1 is 1.16 bits per heavy atom. The molecule has 1 N–H and O–H groups in total. The number of nitrogens with one attached hydrogen (secondary N) is 1. The first-order valence-electron chi connectivity index (χ1n) is 7.80. The van der Waals surface area contributed by atoms with Gasteiger partial charge in [0.1, 0.15) is 5.75 Å². The van der Waals surface area contributed by atoms with Crippen LogP contribution in [-0.4, -0.2) is 22.8 Å². The maximum Gasteiger partial charge on any atom is 0.260 e. The summed E-state index contributed by atoms with van der Waals surface area (Å²) in [5, 5.41) is 10.4. The first kappa shape index (κ1) is 17.2. The fourth-order valence-corrected chi connectivity index (χ4v) is 2.50. The van der Waals surface area contributed by atoms with Crippen LogP contribution in [0.2, 0.25) is 0 Å². The van der Waals surface area contributed by atoms with Crippen LogP contribution in [0.3, 0.4) is 0 Å². The number of para-hydroxylation sites is 1. The molecule has 1 heterocycles. The largest absolute Gasteiger partial charge is 0.493 e. The van der Waals surface area contributed by atoms with Crippen molar-refractivity contribution in [2.75, 3.05) is 11.9 Å². The third kappa shape index (κ3) is 4.06. The number of amides is 1. The number of ether oxygens (including phenoxy) is 1. The average molecular weight is 402 g/mol. The van der Waals surface area contributed by atoms with E-state index in [9.17, 15) is 4.79 Å². The van der Waals surface area contributed by atoms with Gasteiger partial charge in [0.25, 0.3) is 5.91 Å². The van der Waals surface area contributed by atoms with E-state index in [0.29, 0.717) is 23.6 Å². The molecular weight excluding hydrogens is 386 g/mol. The molecule has 3 rings (SSSR count). The maximum atomic E-state index is 12.6. The summed E-state index contributed by atoms with van der Waals surface area (Å²) in [5.74, 6) is 0.460. The number of halogens is 1. The SMILES string of the molecule is CCCOc1ccccc1C(=O)Nc1nonc1-c1ccc(Br)cc1. The number of rotatable bonds is 6. The molecule has 0 saturated heterocycles. The number of nitrogens with zero attached hydrogens (tertiary/aromatic N) is 2. The van der Waals surface area contributed by atoms with Crippen LogP contribution in [0.15, 0.2) is 57.6 Å². The normalized spacial score (nSPS) is 10.5. The lowest BCUT2D eigenvalue weighted by atomic mass is 10.1. The number of aromatic nitrogens is 2. The monoisotopic (exact) mass is 401 g/mol. The Balaban J connectivity index is 1.83. The van der Waals surface area contributed by atoms with Crippen LogP contribution in [0.25, 0.3) is 11.3 Å². The summed E-state index contributed by atoms with van der Waals surface area (Å²) in [6, 6.07) is 14.5. The highest BCUT2D eigenvalue weighted by atomic mass is 79.9. The summed E-state index contributed by atoms with van der Waals surface area (Å²) in [4.78, 5) is 12.6. The van der Waals surface area contributed by atoms with Gasteiger partial charge in [0.15, 0.2) is 5.69 Å². The van der Waals surface area contributed by atoms with Crippen LogP contribution in [-0.2, 0) is 0 Å². The van der Waals surface area contributed by atoms with Crippen LogP contribution in [0.1, 0.15) is 23.7 Å². The lowest BCUT2D eigenvalue weighted by Gasteiger charge is -2.10. The van der Waals surface area contributed by atoms with E-state index in [0.717, 1.165) is 16.5 Å². The minimum absolute atomic E-state index is 0.262. The zero-order valence-electron chi connectivity index (χ0n) is 13.5. The number of carbonyl (C=O) groups excluding carboxylic acids is 1. The van der Waals surface area contributed by atoms with Crippen LogP contribution >= 0.6 is 15.9 Å². The fourth-order valence-electron chi connectivity index (χ4n) is 2.23. The summed E-state index contributed by atoms with van der Waals surface area (Å²) in [6.07, 6.45) is 0.858. The molecule has 128 valence electrons. The average Bonchev–Trinajstić information content (AvgIpc) is 3.09. The summed E-state index contributed by atoms with van der Waals surface area (Å²) in [7, 11) is 0. The van der Waals surface area contributed by atoms with E-state index in [1.807, 2.05) is 37.3 Å². The zero-order valence-corrected chi connectivity index (χ0v) is 15.1. The Morgan fingerprint density at radius 2 is 1.92 bits per heavy atom. The molecule has 6 nitrogen and oxygen atoms in total. The van der Waals surface area contributed by atoms with E-state index >= 15 is 0 Å². The molecule has 1 amide bonds. The van der Waals surface area contributed by atoms with Crippen molar-refractivity contribution in [1.29, 1.82) is 0 Å². The molecule has 0 unspecified atom stereocenters. The van der Waals surface area contributed by atoms with Crippen LogP contribution in [0.4, 0.5) is 5.82 Å². The molecule has 2 aromatic carbocycles. The van der Waals surface area contributed by atoms with E-state index in [-0.39, 0.29) is 11.7 Å². The third-order valence-electron chi connectivity index (χ3n) is 3.43. The van der Waals surface area contributed by atoms with Gasteiger partial charge in [0.2, 0.25) is 5.82 Å². The van der Waals surface area contributed by atoms with E-state index in [4.69, 9.17) is 9.37 Å². The van der Waals surface area contributed by atoms with Gasteiger partial charge >= 0.3 is 0 Å². The Kier molecular flexibility index (Phi) is 5.45. The fraction of sp³-hybridized carbons (Fsp3) is 0.167. The first-order chi connectivity index (χ1) is 12.2. The van der Waals surface area contributed by atoms with Gasteiger partial charge in [-0.3, -0.25) is 4.79 Å². The van der Waals surface area contributed by atoms with Crippen molar-refractivity contribution < 1.29 is 14.2 Å². The van der Waals surface area contributed by atoms with Crippen molar-refractivity contribution in [3.05, 3.63) is 58.6 Å². The molecular formula is C18H16BrN3O3. The molecule has 0 radical (unpaired) electrons. The van der Waals surface area contributed by atoms with Gasteiger partial charge in [0, 0.05) is 10.0 Å². The molecule has 0 aliphatic carbocycles. The number of carbonyl (C=O) groups is 1.